The van der Waals surface area contributed by atoms with Crippen molar-refractivity contribution < 1.29 is 42.9 Å². The average molecular weight is 487 g/mol. The van der Waals surface area contributed by atoms with Gasteiger partial charge in [-0.1, -0.05) is 24.3 Å². The molecule has 10 heteroatoms. The van der Waals surface area contributed by atoms with Crippen molar-refractivity contribution in [3.8, 4) is 11.5 Å². The van der Waals surface area contributed by atoms with E-state index in [2.05, 4.69) is 5.32 Å². The van der Waals surface area contributed by atoms with E-state index in [1.807, 2.05) is 0 Å². The van der Waals surface area contributed by atoms with Crippen LogP contribution in [0.5, 0.6) is 11.5 Å². The summed E-state index contributed by atoms with van der Waals surface area (Å²) in [5.41, 5.74) is 0.739. The molecule has 0 bridgehead atoms. The molecule has 0 aliphatic heterocycles. The summed E-state index contributed by atoms with van der Waals surface area (Å²) < 4.78 is 37.8. The number of carbonyl (C=O) groups excluding carboxylic acids is 2. The van der Waals surface area contributed by atoms with Gasteiger partial charge >= 0.3 is 17.6 Å². The maximum atomic E-state index is 13.5. The lowest BCUT2D eigenvalue weighted by molar-refractivity contribution is -0.906. The maximum absolute atomic E-state index is 13.5. The van der Waals surface area contributed by atoms with Crippen LogP contribution in [-0.4, -0.2) is 41.4 Å². The molecule has 0 unspecified atom stereocenters. The Morgan fingerprint density at radius 1 is 0.943 bits per heavy atom. The van der Waals surface area contributed by atoms with Crippen LogP contribution >= 0.6 is 0 Å². The van der Waals surface area contributed by atoms with Crippen molar-refractivity contribution in [2.24, 2.45) is 0 Å². The minimum Gasteiger partial charge on any atom is -0.499 e. The largest absolute Gasteiger partial charge is 0.499 e. The van der Waals surface area contributed by atoms with Gasteiger partial charge in [0, 0.05) is 10.6 Å². The first-order valence-corrected chi connectivity index (χ1v) is 10.7. The molecule has 2 atom stereocenters. The van der Waals surface area contributed by atoms with Gasteiger partial charge in [-0.25, -0.2) is 13.6 Å². The third-order valence-corrected chi connectivity index (χ3v) is 5.42. The monoisotopic (exact) mass is 487 g/mol. The molecule has 0 saturated heterocycles. The van der Waals surface area contributed by atoms with E-state index in [9.17, 15) is 28.7 Å². The number of aromatic nitrogens is 1. The molecule has 0 aliphatic rings. The molecule has 0 saturated carbocycles. The molecule has 0 fully saturated rings. The lowest BCUT2D eigenvalue weighted by Gasteiger charge is -2.26. The number of amides is 1. The van der Waals surface area contributed by atoms with Crippen LogP contribution in [0, 0.1) is 11.6 Å². The second-order valence-corrected chi connectivity index (χ2v) is 7.84. The zero-order valence-corrected chi connectivity index (χ0v) is 19.2. The molecule has 0 aliphatic carbocycles. The van der Waals surface area contributed by atoms with Gasteiger partial charge in [0.15, 0.2) is 5.75 Å². The Balaban J connectivity index is 1.78. The van der Waals surface area contributed by atoms with Crippen LogP contribution in [0.15, 0.2) is 60.8 Å². The molecule has 1 amide bonds. The lowest BCUT2D eigenvalue weighted by Crippen LogP contribution is -2.47. The van der Waals surface area contributed by atoms with Crippen LogP contribution in [0.3, 0.4) is 0 Å². The number of pyridine rings is 1. The topological polar surface area (TPSA) is 109 Å². The molecule has 1 aromatic heterocycles. The van der Waals surface area contributed by atoms with E-state index in [0.29, 0.717) is 15.9 Å². The fourth-order valence-corrected chi connectivity index (χ4v) is 3.65. The zero-order chi connectivity index (χ0) is 25.7. The Bertz CT molecular complexity index is 1160. The van der Waals surface area contributed by atoms with E-state index < -0.39 is 53.0 Å². The van der Waals surface area contributed by atoms with Crippen molar-refractivity contribution in [3.05, 3.63) is 89.2 Å². The quantitative estimate of drug-likeness (QED) is 0.256. The van der Waals surface area contributed by atoms with Gasteiger partial charge in [0.1, 0.15) is 23.8 Å². The highest BCUT2D eigenvalue weighted by molar-refractivity contribution is 5.96. The van der Waals surface area contributed by atoms with Crippen LogP contribution < -0.4 is 14.8 Å². The molecule has 3 rings (SSSR count). The van der Waals surface area contributed by atoms with E-state index in [1.54, 1.807) is 31.2 Å². The average Bonchev–Trinajstić information content (AvgIpc) is 2.81. The van der Waals surface area contributed by atoms with Crippen LogP contribution in [0.4, 0.5) is 8.78 Å². The maximum Gasteiger partial charge on any atom is 0.366 e. The van der Waals surface area contributed by atoms with Gasteiger partial charge in [-0.05, 0) is 49.2 Å². The molecule has 1 heterocycles. The molecule has 0 spiro atoms. The fraction of sp³-hybridized carbons (Fsp3) is 0.240. The first-order valence-electron chi connectivity index (χ1n) is 10.7. The van der Waals surface area contributed by atoms with Crippen LogP contribution in [0.2, 0.25) is 0 Å². The number of ether oxygens (including phenoxy) is 2. The Morgan fingerprint density at radius 2 is 1.46 bits per heavy atom. The minimum atomic E-state index is -1.17. The summed E-state index contributed by atoms with van der Waals surface area (Å²) in [6.45, 7) is 3.00. The molecule has 35 heavy (non-hydrogen) atoms. The second kappa shape index (κ2) is 10.8. The van der Waals surface area contributed by atoms with Gasteiger partial charge in [0.2, 0.25) is 11.9 Å². The van der Waals surface area contributed by atoms with E-state index in [1.165, 1.54) is 44.4 Å². The van der Waals surface area contributed by atoms with Gasteiger partial charge in [-0.15, -0.1) is 0 Å². The SMILES string of the molecule is COc1cc[n+](O)c(C(=O)N[C@@H](C)C(=O)O[C@@H](C)C(c2ccc(F)cc2)c2ccc(F)cc2)c1O. The summed E-state index contributed by atoms with van der Waals surface area (Å²) in [5.74, 6) is -3.84. The summed E-state index contributed by atoms with van der Waals surface area (Å²) >= 11 is 0. The highest BCUT2D eigenvalue weighted by Gasteiger charge is 2.33. The van der Waals surface area contributed by atoms with Crippen molar-refractivity contribution >= 4 is 11.9 Å². The summed E-state index contributed by atoms with van der Waals surface area (Å²) in [7, 11) is 1.28. The van der Waals surface area contributed by atoms with Crippen LogP contribution in [0.25, 0.3) is 0 Å². The van der Waals surface area contributed by atoms with Crippen LogP contribution in [-0.2, 0) is 9.53 Å². The first-order chi connectivity index (χ1) is 16.6. The van der Waals surface area contributed by atoms with Gasteiger partial charge in [-0.3, -0.25) is 10.0 Å². The Labute approximate surface area is 200 Å². The van der Waals surface area contributed by atoms with Gasteiger partial charge in [0.25, 0.3) is 0 Å². The van der Waals surface area contributed by atoms with E-state index in [4.69, 9.17) is 9.47 Å². The molecule has 0 radical (unpaired) electrons. The van der Waals surface area contributed by atoms with Crippen molar-refractivity contribution in [2.75, 3.05) is 7.11 Å². The van der Waals surface area contributed by atoms with E-state index in [-0.39, 0.29) is 5.75 Å². The van der Waals surface area contributed by atoms with Crippen molar-refractivity contribution in [1.82, 2.24) is 5.32 Å². The highest BCUT2D eigenvalue weighted by atomic mass is 19.1. The number of carbonyl (C=O) groups is 2. The molecular weight excluding hydrogens is 462 g/mol. The van der Waals surface area contributed by atoms with E-state index in [0.717, 1.165) is 6.20 Å². The summed E-state index contributed by atoms with van der Waals surface area (Å²) in [5, 5.41) is 22.4. The molecule has 184 valence electrons. The number of hydrogen-bond donors (Lipinski definition) is 3. The highest BCUT2D eigenvalue weighted by Crippen LogP contribution is 2.31. The third kappa shape index (κ3) is 5.84. The number of esters is 1. The van der Waals surface area contributed by atoms with Gasteiger partial charge in [-0.2, -0.15) is 0 Å². The van der Waals surface area contributed by atoms with Crippen molar-refractivity contribution in [2.45, 2.75) is 31.9 Å². The zero-order valence-electron chi connectivity index (χ0n) is 19.2. The van der Waals surface area contributed by atoms with Crippen molar-refractivity contribution in [3.63, 3.8) is 0 Å². The molecule has 3 N–H and O–H groups in total. The second-order valence-electron chi connectivity index (χ2n) is 7.84. The Hall–Kier alpha value is -4.21. The molecule has 3 aromatic rings. The fourth-order valence-electron chi connectivity index (χ4n) is 3.65. The summed E-state index contributed by atoms with van der Waals surface area (Å²) in [4.78, 5) is 25.4. The van der Waals surface area contributed by atoms with Gasteiger partial charge < -0.3 is 19.9 Å². The normalized spacial score (nSPS) is 12.6. The predicted molar refractivity (Wildman–Crippen MR) is 119 cm³/mol. The number of nitrogens with zero attached hydrogens (tertiary/aromatic N) is 1. The molecule has 8 nitrogen and oxygen atoms in total. The Morgan fingerprint density at radius 3 is 1.94 bits per heavy atom. The summed E-state index contributed by atoms with van der Waals surface area (Å²) in [6.07, 6.45) is 0.305. The first kappa shape index (κ1) is 25.4. The molecular formula is C25H25F2N2O6+. The smallest absolute Gasteiger partial charge is 0.366 e. The Kier molecular flexibility index (Phi) is 7.85. The van der Waals surface area contributed by atoms with E-state index >= 15 is 0 Å². The number of halogens is 2. The molecule has 2 aromatic carbocycles. The number of aromatic hydroxyl groups is 1. The van der Waals surface area contributed by atoms with Crippen LogP contribution in [0.1, 0.15) is 41.4 Å². The van der Waals surface area contributed by atoms with Gasteiger partial charge in [0.05, 0.1) is 13.2 Å². The number of nitrogens with one attached hydrogen (secondary N) is 1. The standard InChI is InChI=1S/C25H24F2N2O6/c1-14(28-24(31)22-23(30)20(34-3)12-13-29(22)33)25(32)35-15(2)21(16-4-8-18(26)9-5-16)17-6-10-19(27)11-7-17/h4-15,21H,1-3H3,(H2-,28,30,31,33)/p+1/t14-,15-/m0/s1. The van der Waals surface area contributed by atoms with Crippen molar-refractivity contribution in [1.29, 1.82) is 0 Å². The number of benzene rings is 2. The lowest BCUT2D eigenvalue weighted by atomic mass is 9.87. The predicted octanol–water partition coefficient (Wildman–Crippen LogP) is 3.09. The summed E-state index contributed by atoms with van der Waals surface area (Å²) in [6, 6.07) is 11.3. The third-order valence-electron chi connectivity index (χ3n) is 5.42. The number of methoxy groups -OCH3 is 1. The minimum absolute atomic E-state index is 0.0502. The number of hydrogen-bond acceptors (Lipinski definition) is 6. The number of rotatable bonds is 8.